The molecule has 31 heavy (non-hydrogen) atoms. The van der Waals surface area contributed by atoms with Gasteiger partial charge in [-0.2, -0.15) is 0 Å². The molecule has 3 aromatic rings. The number of thiazole rings is 1. The summed E-state index contributed by atoms with van der Waals surface area (Å²) in [6.45, 7) is 0.219. The zero-order valence-electron chi connectivity index (χ0n) is 16.2. The number of esters is 1. The van der Waals surface area contributed by atoms with Crippen LogP contribution >= 0.6 is 11.3 Å². The van der Waals surface area contributed by atoms with Crippen LogP contribution in [0.15, 0.2) is 53.9 Å². The van der Waals surface area contributed by atoms with Gasteiger partial charge in [0.15, 0.2) is 0 Å². The Morgan fingerprint density at radius 2 is 1.68 bits per heavy atom. The summed E-state index contributed by atoms with van der Waals surface area (Å²) in [7, 11) is 0. The topological polar surface area (TPSA) is 85.8 Å². The highest BCUT2D eigenvalue weighted by molar-refractivity contribution is 7.09. The Labute approximate surface area is 181 Å². The number of imide groups is 1. The monoisotopic (exact) mass is 440 g/mol. The van der Waals surface area contributed by atoms with E-state index in [2.05, 4.69) is 4.98 Å². The average molecular weight is 440 g/mol. The lowest BCUT2D eigenvalue weighted by Gasteiger charge is -2.13. The Bertz CT molecular complexity index is 1100. The van der Waals surface area contributed by atoms with Crippen molar-refractivity contribution < 1.29 is 28.2 Å². The van der Waals surface area contributed by atoms with Gasteiger partial charge in [0.05, 0.1) is 16.9 Å². The van der Waals surface area contributed by atoms with Crippen LogP contribution in [0.1, 0.15) is 33.9 Å². The van der Waals surface area contributed by atoms with Gasteiger partial charge in [0.25, 0.3) is 0 Å². The minimum Gasteiger partial charge on any atom is -0.486 e. The third-order valence-electron chi connectivity index (χ3n) is 4.54. The van der Waals surface area contributed by atoms with E-state index >= 15 is 0 Å². The number of aromatic nitrogens is 1. The highest BCUT2D eigenvalue weighted by atomic mass is 32.1. The van der Waals surface area contributed by atoms with Crippen molar-refractivity contribution in [2.75, 3.05) is 4.90 Å². The molecule has 0 radical (unpaired) electrons. The molecule has 0 spiro atoms. The molecule has 1 aromatic heterocycles. The Morgan fingerprint density at radius 3 is 2.35 bits per heavy atom. The summed E-state index contributed by atoms with van der Waals surface area (Å²) in [6, 6.07) is 11.8. The molecule has 0 saturated carbocycles. The molecule has 7 nitrogen and oxygen atoms in total. The number of halogens is 1. The molecule has 2 amide bonds. The summed E-state index contributed by atoms with van der Waals surface area (Å²) < 4.78 is 23.7. The minimum absolute atomic E-state index is 0.00324. The number of hydrogen-bond donors (Lipinski definition) is 0. The fourth-order valence-corrected chi connectivity index (χ4v) is 3.68. The van der Waals surface area contributed by atoms with Crippen LogP contribution in [0.2, 0.25) is 0 Å². The zero-order valence-corrected chi connectivity index (χ0v) is 17.1. The van der Waals surface area contributed by atoms with Crippen LogP contribution in [0, 0.1) is 5.82 Å². The normalized spacial score (nSPS) is 13.5. The second kappa shape index (κ2) is 9.05. The summed E-state index contributed by atoms with van der Waals surface area (Å²) in [5.41, 5.74) is 1.33. The SMILES string of the molecule is O=C(OCc1csc(COc2ccc(F)cc2)n1)c1ccc(N2C(=O)CCC2=O)cc1. The van der Waals surface area contributed by atoms with E-state index in [4.69, 9.17) is 9.47 Å². The highest BCUT2D eigenvalue weighted by Gasteiger charge is 2.30. The Kier molecular flexibility index (Phi) is 6.03. The molecule has 0 aliphatic carbocycles. The number of amides is 2. The molecule has 0 unspecified atom stereocenters. The molecule has 1 saturated heterocycles. The van der Waals surface area contributed by atoms with Gasteiger partial charge >= 0.3 is 5.97 Å². The van der Waals surface area contributed by atoms with Crippen LogP contribution in [-0.4, -0.2) is 22.8 Å². The van der Waals surface area contributed by atoms with Crippen molar-refractivity contribution in [2.24, 2.45) is 0 Å². The van der Waals surface area contributed by atoms with Gasteiger partial charge < -0.3 is 9.47 Å². The first kappa shape index (κ1) is 20.7. The number of anilines is 1. The molecule has 0 atom stereocenters. The molecule has 2 aromatic carbocycles. The van der Waals surface area contributed by atoms with Crippen LogP contribution in [0.4, 0.5) is 10.1 Å². The van der Waals surface area contributed by atoms with Crippen molar-refractivity contribution in [3.8, 4) is 5.75 Å². The van der Waals surface area contributed by atoms with Crippen molar-refractivity contribution in [2.45, 2.75) is 26.1 Å². The minimum atomic E-state index is -0.539. The third-order valence-corrected chi connectivity index (χ3v) is 5.41. The number of benzene rings is 2. The van der Waals surface area contributed by atoms with E-state index in [0.29, 0.717) is 27.7 Å². The standard InChI is InChI=1S/C22H17FN2O5S/c23-15-3-7-18(8-4-15)29-12-19-24-16(13-31-19)11-30-22(28)14-1-5-17(6-2-14)25-20(26)9-10-21(25)27/h1-8,13H,9-12H2. The van der Waals surface area contributed by atoms with Crippen LogP contribution in [0.5, 0.6) is 5.75 Å². The molecular weight excluding hydrogens is 423 g/mol. The first-order valence-electron chi connectivity index (χ1n) is 9.44. The zero-order chi connectivity index (χ0) is 21.8. The molecule has 1 aliphatic rings. The molecule has 0 bridgehead atoms. The molecule has 1 aliphatic heterocycles. The first-order valence-corrected chi connectivity index (χ1v) is 10.3. The van der Waals surface area contributed by atoms with E-state index in [-0.39, 0.29) is 43.7 Å². The van der Waals surface area contributed by atoms with Gasteiger partial charge in [0.1, 0.15) is 29.8 Å². The van der Waals surface area contributed by atoms with Gasteiger partial charge in [-0.3, -0.25) is 14.5 Å². The fraction of sp³-hybridized carbons (Fsp3) is 0.182. The smallest absolute Gasteiger partial charge is 0.338 e. The molecule has 0 N–H and O–H groups in total. The highest BCUT2D eigenvalue weighted by Crippen LogP contribution is 2.23. The van der Waals surface area contributed by atoms with Gasteiger partial charge in [-0.1, -0.05) is 0 Å². The molecule has 158 valence electrons. The lowest BCUT2D eigenvalue weighted by molar-refractivity contribution is -0.121. The summed E-state index contributed by atoms with van der Waals surface area (Å²) in [6.07, 6.45) is 0.403. The number of hydrogen-bond acceptors (Lipinski definition) is 7. The van der Waals surface area contributed by atoms with E-state index < -0.39 is 5.97 Å². The lowest BCUT2D eigenvalue weighted by Crippen LogP contribution is -2.28. The maximum Gasteiger partial charge on any atom is 0.338 e. The van der Waals surface area contributed by atoms with E-state index in [1.54, 1.807) is 17.5 Å². The third kappa shape index (κ3) is 4.95. The molecule has 2 heterocycles. The molecule has 9 heteroatoms. The predicted molar refractivity (Wildman–Crippen MR) is 110 cm³/mol. The summed E-state index contributed by atoms with van der Waals surface area (Å²) in [5.74, 6) is -0.836. The van der Waals surface area contributed by atoms with E-state index in [1.807, 2.05) is 0 Å². The largest absolute Gasteiger partial charge is 0.486 e. The number of carbonyl (C=O) groups is 3. The summed E-state index contributed by atoms with van der Waals surface area (Å²) >= 11 is 1.37. The second-order valence-corrected chi connectivity index (χ2v) is 7.66. The summed E-state index contributed by atoms with van der Waals surface area (Å²) in [5, 5.41) is 2.46. The molecule has 4 rings (SSSR count). The molecule has 1 fully saturated rings. The molecular formula is C22H17FN2O5S. The van der Waals surface area contributed by atoms with Crippen LogP contribution in [-0.2, 0) is 27.5 Å². The van der Waals surface area contributed by atoms with E-state index in [9.17, 15) is 18.8 Å². The average Bonchev–Trinajstić information content (AvgIpc) is 3.37. The first-order chi connectivity index (χ1) is 15.0. The summed E-state index contributed by atoms with van der Waals surface area (Å²) in [4.78, 5) is 41.3. The Hall–Kier alpha value is -3.59. The number of ether oxygens (including phenoxy) is 2. The van der Waals surface area contributed by atoms with Gasteiger partial charge in [-0.15, -0.1) is 11.3 Å². The van der Waals surface area contributed by atoms with Gasteiger partial charge in [0.2, 0.25) is 11.8 Å². The van der Waals surface area contributed by atoms with Crippen molar-refractivity contribution in [3.63, 3.8) is 0 Å². The Balaban J connectivity index is 1.29. The van der Waals surface area contributed by atoms with Crippen LogP contribution in [0.3, 0.4) is 0 Å². The van der Waals surface area contributed by atoms with E-state index in [0.717, 1.165) is 4.90 Å². The van der Waals surface area contributed by atoms with Crippen molar-refractivity contribution in [3.05, 3.63) is 76.0 Å². The van der Waals surface area contributed by atoms with Gasteiger partial charge in [-0.05, 0) is 48.5 Å². The lowest BCUT2D eigenvalue weighted by atomic mass is 10.2. The predicted octanol–water partition coefficient (Wildman–Crippen LogP) is 3.87. The maximum absolute atomic E-state index is 12.9. The quantitative estimate of drug-likeness (QED) is 0.410. The number of rotatable bonds is 7. The van der Waals surface area contributed by atoms with Crippen LogP contribution < -0.4 is 9.64 Å². The van der Waals surface area contributed by atoms with Crippen molar-refractivity contribution in [1.82, 2.24) is 4.98 Å². The van der Waals surface area contributed by atoms with Crippen LogP contribution in [0.25, 0.3) is 0 Å². The number of nitrogens with zero attached hydrogens (tertiary/aromatic N) is 2. The maximum atomic E-state index is 12.9. The van der Waals surface area contributed by atoms with E-state index in [1.165, 1.54) is 47.7 Å². The van der Waals surface area contributed by atoms with Gasteiger partial charge in [-0.25, -0.2) is 14.2 Å². The van der Waals surface area contributed by atoms with Crippen molar-refractivity contribution >= 4 is 34.8 Å². The second-order valence-electron chi connectivity index (χ2n) is 6.72. The van der Waals surface area contributed by atoms with Gasteiger partial charge in [0, 0.05) is 18.2 Å². The van der Waals surface area contributed by atoms with Crippen molar-refractivity contribution in [1.29, 1.82) is 0 Å². The number of carbonyl (C=O) groups excluding carboxylic acids is 3. The fourth-order valence-electron chi connectivity index (χ4n) is 2.99. The Morgan fingerprint density at radius 1 is 1.00 bits per heavy atom.